The van der Waals surface area contributed by atoms with Gasteiger partial charge in [-0.15, -0.1) is 0 Å². The van der Waals surface area contributed by atoms with Gasteiger partial charge in [0.2, 0.25) is 5.91 Å². The van der Waals surface area contributed by atoms with E-state index >= 15 is 0 Å². The molecule has 1 heterocycles. The summed E-state index contributed by atoms with van der Waals surface area (Å²) in [4.78, 5) is 25.3. The molecule has 6 nitrogen and oxygen atoms in total. The quantitative estimate of drug-likeness (QED) is 0.688. The van der Waals surface area contributed by atoms with Gasteiger partial charge in [0.05, 0.1) is 0 Å². The number of amides is 2. The van der Waals surface area contributed by atoms with Gasteiger partial charge < -0.3 is 10.6 Å². The molecular formula is C20H19ClN4O2. The highest BCUT2D eigenvalue weighted by Gasteiger charge is 2.22. The molecule has 1 aromatic heterocycles. The van der Waals surface area contributed by atoms with Crippen molar-refractivity contribution in [3.63, 3.8) is 0 Å². The van der Waals surface area contributed by atoms with Crippen LogP contribution in [0.2, 0.25) is 5.02 Å². The Labute approximate surface area is 162 Å². The van der Waals surface area contributed by atoms with Crippen LogP contribution in [0.3, 0.4) is 0 Å². The number of hydrogen-bond acceptors (Lipinski definition) is 3. The van der Waals surface area contributed by atoms with Crippen LogP contribution in [0.5, 0.6) is 0 Å². The zero-order valence-electron chi connectivity index (χ0n) is 14.7. The number of aromatic nitrogens is 2. The third-order valence-corrected chi connectivity index (χ3v) is 4.23. The van der Waals surface area contributed by atoms with Crippen molar-refractivity contribution in [3.8, 4) is 0 Å². The molecule has 0 fully saturated rings. The topological polar surface area (TPSA) is 76.0 Å². The second-order valence-electron chi connectivity index (χ2n) is 6.09. The van der Waals surface area contributed by atoms with E-state index in [0.29, 0.717) is 22.8 Å². The van der Waals surface area contributed by atoms with Gasteiger partial charge in [-0.3, -0.25) is 14.3 Å². The SMILES string of the molecule is Cn1ccc(NC(=O)C(Cc2ccccc2)NC(=O)c2ccc(Cl)cc2)n1. The molecule has 2 amide bonds. The van der Waals surface area contributed by atoms with Gasteiger partial charge in [-0.2, -0.15) is 5.10 Å². The number of anilines is 1. The Morgan fingerprint density at radius 3 is 2.41 bits per heavy atom. The maximum absolute atomic E-state index is 12.8. The summed E-state index contributed by atoms with van der Waals surface area (Å²) < 4.78 is 1.59. The first-order valence-corrected chi connectivity index (χ1v) is 8.80. The first-order valence-electron chi connectivity index (χ1n) is 8.42. The average molecular weight is 383 g/mol. The molecule has 0 spiro atoms. The predicted octanol–water partition coefficient (Wildman–Crippen LogP) is 3.05. The number of carbonyl (C=O) groups is 2. The first kappa shape index (κ1) is 18.7. The highest BCUT2D eigenvalue weighted by atomic mass is 35.5. The molecule has 0 aliphatic carbocycles. The van der Waals surface area contributed by atoms with Gasteiger partial charge in [0, 0.05) is 36.3 Å². The van der Waals surface area contributed by atoms with E-state index in [4.69, 9.17) is 11.6 Å². The van der Waals surface area contributed by atoms with Crippen molar-refractivity contribution in [1.82, 2.24) is 15.1 Å². The summed E-state index contributed by atoms with van der Waals surface area (Å²) >= 11 is 5.87. The van der Waals surface area contributed by atoms with Crippen molar-refractivity contribution < 1.29 is 9.59 Å². The van der Waals surface area contributed by atoms with E-state index < -0.39 is 6.04 Å². The third kappa shape index (κ3) is 5.18. The predicted molar refractivity (Wildman–Crippen MR) is 105 cm³/mol. The molecule has 3 rings (SSSR count). The van der Waals surface area contributed by atoms with Gasteiger partial charge in [-0.1, -0.05) is 41.9 Å². The number of nitrogens with one attached hydrogen (secondary N) is 2. The minimum Gasteiger partial charge on any atom is -0.340 e. The van der Waals surface area contributed by atoms with Gasteiger partial charge in [-0.25, -0.2) is 0 Å². The van der Waals surface area contributed by atoms with Gasteiger partial charge in [-0.05, 0) is 29.8 Å². The lowest BCUT2D eigenvalue weighted by molar-refractivity contribution is -0.118. The summed E-state index contributed by atoms with van der Waals surface area (Å²) in [5.74, 6) is -0.245. The molecule has 0 aliphatic rings. The fourth-order valence-electron chi connectivity index (χ4n) is 2.60. The maximum atomic E-state index is 12.8. The highest BCUT2D eigenvalue weighted by Crippen LogP contribution is 2.11. The van der Waals surface area contributed by atoms with E-state index in [1.54, 1.807) is 48.3 Å². The molecule has 0 saturated heterocycles. The molecular weight excluding hydrogens is 364 g/mol. The number of aryl methyl sites for hydroxylation is 1. The van der Waals surface area contributed by atoms with Crippen molar-refractivity contribution in [2.45, 2.75) is 12.5 Å². The Bertz CT molecular complexity index is 923. The minimum atomic E-state index is -0.752. The summed E-state index contributed by atoms with van der Waals surface area (Å²) in [5, 5.41) is 10.2. The lowest BCUT2D eigenvalue weighted by Crippen LogP contribution is -2.45. The molecule has 0 bridgehead atoms. The van der Waals surface area contributed by atoms with Crippen molar-refractivity contribution >= 4 is 29.2 Å². The van der Waals surface area contributed by atoms with Gasteiger partial charge >= 0.3 is 0 Å². The van der Waals surface area contributed by atoms with Crippen LogP contribution in [0.1, 0.15) is 15.9 Å². The van der Waals surface area contributed by atoms with Crippen LogP contribution in [0.25, 0.3) is 0 Å². The van der Waals surface area contributed by atoms with E-state index in [9.17, 15) is 9.59 Å². The highest BCUT2D eigenvalue weighted by molar-refractivity contribution is 6.30. The summed E-state index contributed by atoms with van der Waals surface area (Å²) in [6, 6.07) is 17.0. The summed E-state index contributed by atoms with van der Waals surface area (Å²) in [7, 11) is 1.76. The van der Waals surface area contributed by atoms with Crippen LogP contribution in [0, 0.1) is 0 Å². The van der Waals surface area contributed by atoms with Crippen LogP contribution in [-0.4, -0.2) is 27.6 Å². The normalized spacial score (nSPS) is 11.6. The molecule has 1 atom stereocenters. The van der Waals surface area contributed by atoms with Crippen LogP contribution >= 0.6 is 11.6 Å². The minimum absolute atomic E-state index is 0.333. The fraction of sp³-hybridized carbons (Fsp3) is 0.150. The molecule has 138 valence electrons. The van der Waals surface area contributed by atoms with Gasteiger partial charge in [0.25, 0.3) is 5.91 Å². The summed E-state index contributed by atoms with van der Waals surface area (Å²) in [6.07, 6.45) is 2.09. The number of hydrogen-bond donors (Lipinski definition) is 2. The second-order valence-corrected chi connectivity index (χ2v) is 6.52. The van der Waals surface area contributed by atoms with Crippen LogP contribution < -0.4 is 10.6 Å². The largest absolute Gasteiger partial charge is 0.340 e. The molecule has 0 radical (unpaired) electrons. The maximum Gasteiger partial charge on any atom is 0.251 e. The Morgan fingerprint density at radius 1 is 1.07 bits per heavy atom. The number of halogens is 1. The Balaban J connectivity index is 1.76. The lowest BCUT2D eigenvalue weighted by atomic mass is 10.0. The summed E-state index contributed by atoms with van der Waals surface area (Å²) in [6.45, 7) is 0. The fourth-order valence-corrected chi connectivity index (χ4v) is 2.72. The van der Waals surface area contributed by atoms with Crippen molar-refractivity contribution in [2.24, 2.45) is 7.05 Å². The average Bonchev–Trinajstić information content (AvgIpc) is 3.07. The zero-order chi connectivity index (χ0) is 19.2. The Kier molecular flexibility index (Phi) is 5.88. The van der Waals surface area contributed by atoms with Crippen molar-refractivity contribution in [3.05, 3.63) is 83.0 Å². The zero-order valence-corrected chi connectivity index (χ0v) is 15.5. The Morgan fingerprint density at radius 2 is 1.78 bits per heavy atom. The number of nitrogens with zero attached hydrogens (tertiary/aromatic N) is 2. The van der Waals surface area contributed by atoms with Gasteiger partial charge in [0.15, 0.2) is 5.82 Å². The third-order valence-electron chi connectivity index (χ3n) is 3.98. The van der Waals surface area contributed by atoms with E-state index in [2.05, 4.69) is 15.7 Å². The molecule has 0 saturated carbocycles. The van der Waals surface area contributed by atoms with E-state index in [1.807, 2.05) is 30.3 Å². The molecule has 27 heavy (non-hydrogen) atoms. The van der Waals surface area contributed by atoms with Crippen LogP contribution in [-0.2, 0) is 18.3 Å². The Hall–Kier alpha value is -3.12. The van der Waals surface area contributed by atoms with Gasteiger partial charge in [0.1, 0.15) is 6.04 Å². The molecule has 2 N–H and O–H groups in total. The van der Waals surface area contributed by atoms with E-state index in [0.717, 1.165) is 5.56 Å². The standard InChI is InChI=1S/C20H19ClN4O2/c1-25-12-11-18(24-25)23-20(27)17(13-14-5-3-2-4-6-14)22-19(26)15-7-9-16(21)10-8-15/h2-12,17H,13H2,1H3,(H,22,26)(H,23,24,27). The molecule has 7 heteroatoms. The van der Waals surface area contributed by atoms with Crippen molar-refractivity contribution in [2.75, 3.05) is 5.32 Å². The monoisotopic (exact) mass is 382 g/mol. The first-order chi connectivity index (χ1) is 13.0. The van der Waals surface area contributed by atoms with E-state index in [-0.39, 0.29) is 11.8 Å². The van der Waals surface area contributed by atoms with Crippen LogP contribution in [0.15, 0.2) is 66.9 Å². The van der Waals surface area contributed by atoms with Crippen LogP contribution in [0.4, 0.5) is 5.82 Å². The molecule has 1 unspecified atom stereocenters. The number of rotatable bonds is 6. The smallest absolute Gasteiger partial charge is 0.251 e. The molecule has 2 aromatic carbocycles. The number of carbonyl (C=O) groups excluding carboxylic acids is 2. The number of benzene rings is 2. The van der Waals surface area contributed by atoms with Crippen molar-refractivity contribution in [1.29, 1.82) is 0 Å². The van der Waals surface area contributed by atoms with E-state index in [1.165, 1.54) is 0 Å². The molecule has 0 aliphatic heterocycles. The lowest BCUT2D eigenvalue weighted by Gasteiger charge is -2.18. The summed E-state index contributed by atoms with van der Waals surface area (Å²) in [5.41, 5.74) is 1.37. The second kappa shape index (κ2) is 8.51. The molecule has 3 aromatic rings.